The number of nitrogens with zero attached hydrogens (tertiary/aromatic N) is 2. The van der Waals surface area contributed by atoms with Crippen molar-refractivity contribution in [2.75, 3.05) is 36.5 Å². The van der Waals surface area contributed by atoms with Gasteiger partial charge in [0.1, 0.15) is 12.6 Å². The number of hydrogen-bond donors (Lipinski definition) is 2. The second-order valence-electron chi connectivity index (χ2n) is 10.1. The molecule has 0 bridgehead atoms. The highest BCUT2D eigenvalue weighted by molar-refractivity contribution is 7.18. The van der Waals surface area contributed by atoms with E-state index in [1.54, 1.807) is 12.1 Å². The van der Waals surface area contributed by atoms with Crippen LogP contribution in [0.15, 0.2) is 30.3 Å². The maximum Gasteiger partial charge on any atom is 0.265 e. The largest absolute Gasteiger partial charge is 0.370 e. The van der Waals surface area contributed by atoms with Gasteiger partial charge in [0, 0.05) is 36.4 Å². The van der Waals surface area contributed by atoms with Crippen LogP contribution in [0.3, 0.4) is 0 Å². The third-order valence-corrected chi connectivity index (χ3v) is 8.94. The molecule has 2 aliphatic carbocycles. The van der Waals surface area contributed by atoms with Crippen molar-refractivity contribution in [3.63, 3.8) is 0 Å². The van der Waals surface area contributed by atoms with Gasteiger partial charge < -0.3 is 20.3 Å². The lowest BCUT2D eigenvalue weighted by Crippen LogP contribution is -2.61. The molecule has 39 heavy (non-hydrogen) atoms. The third kappa shape index (κ3) is 6.26. The molecule has 12 heteroatoms. The lowest BCUT2D eigenvalue weighted by atomic mass is 9.83. The molecule has 3 amide bonds. The number of nitrogens with one attached hydrogen (secondary N) is 2. The van der Waals surface area contributed by atoms with E-state index in [1.807, 2.05) is 0 Å². The number of carbonyl (C=O) groups excluding carboxylic acids is 3. The van der Waals surface area contributed by atoms with Crippen LogP contribution in [-0.2, 0) is 14.3 Å². The third-order valence-electron chi connectivity index (χ3n) is 7.71. The van der Waals surface area contributed by atoms with Gasteiger partial charge in [0.05, 0.1) is 21.5 Å². The van der Waals surface area contributed by atoms with E-state index in [-0.39, 0.29) is 73.0 Å². The number of alkyl halides is 2. The molecule has 1 aromatic heterocycles. The standard InChI is InChI=1S/C27H31ClF2N4O4S/c28-23-10-9-22(39-23)27(37)31-14-21(34(17-3-1-4-17)18-5-2-6-18)26(36)32-16-7-8-20(19(13-16)25(29)30)33-11-12-38-15-24(33)35/h7-10,13,17-18,21,25H,1-6,11-12,14-15H2,(H,31,37)(H,32,36)/t21-/m0/s1. The number of ether oxygens (including phenoxy) is 1. The lowest BCUT2D eigenvalue weighted by Gasteiger charge is -2.49. The van der Waals surface area contributed by atoms with Crippen molar-refractivity contribution in [1.82, 2.24) is 10.2 Å². The van der Waals surface area contributed by atoms with Crippen LogP contribution in [0, 0.1) is 0 Å². The van der Waals surface area contributed by atoms with Gasteiger partial charge in [0.25, 0.3) is 18.2 Å². The summed E-state index contributed by atoms with van der Waals surface area (Å²) in [6, 6.07) is 7.29. The van der Waals surface area contributed by atoms with Gasteiger partial charge in [-0.25, -0.2) is 8.78 Å². The number of morpholine rings is 1. The van der Waals surface area contributed by atoms with E-state index >= 15 is 0 Å². The minimum Gasteiger partial charge on any atom is -0.370 e. The van der Waals surface area contributed by atoms with E-state index in [2.05, 4.69) is 15.5 Å². The van der Waals surface area contributed by atoms with Crippen molar-refractivity contribution in [2.24, 2.45) is 0 Å². The van der Waals surface area contributed by atoms with Crippen molar-refractivity contribution in [3.8, 4) is 0 Å². The fourth-order valence-corrected chi connectivity index (χ4v) is 6.23. The Morgan fingerprint density at radius 1 is 1.13 bits per heavy atom. The number of benzene rings is 1. The topological polar surface area (TPSA) is 91.0 Å². The Kier molecular flexibility index (Phi) is 8.80. The van der Waals surface area contributed by atoms with E-state index in [0.717, 1.165) is 49.9 Å². The Morgan fingerprint density at radius 2 is 1.85 bits per heavy atom. The summed E-state index contributed by atoms with van der Waals surface area (Å²) in [5, 5.41) is 5.71. The second kappa shape index (κ2) is 12.3. The molecule has 2 aromatic rings. The van der Waals surface area contributed by atoms with Gasteiger partial charge >= 0.3 is 0 Å². The fraction of sp³-hybridized carbons (Fsp3) is 0.519. The number of hydrogen-bond acceptors (Lipinski definition) is 6. The molecule has 2 heterocycles. The SMILES string of the molecule is O=C(NC[C@@H](C(=O)Nc1ccc(N2CCOCC2=O)c(C(F)F)c1)N(C1CCC1)C1CCC1)c1ccc(Cl)s1. The van der Waals surface area contributed by atoms with Gasteiger partial charge in [-0.15, -0.1) is 11.3 Å². The number of anilines is 2. The summed E-state index contributed by atoms with van der Waals surface area (Å²) >= 11 is 7.14. The van der Waals surface area contributed by atoms with Crippen LogP contribution in [0.2, 0.25) is 4.34 Å². The number of carbonyl (C=O) groups is 3. The van der Waals surface area contributed by atoms with Crippen molar-refractivity contribution < 1.29 is 27.9 Å². The summed E-state index contributed by atoms with van der Waals surface area (Å²) in [5.74, 6) is -1.07. The quantitative estimate of drug-likeness (QED) is 0.419. The molecule has 1 aromatic carbocycles. The summed E-state index contributed by atoms with van der Waals surface area (Å²) in [5.41, 5.74) is -0.0131. The molecule has 8 nitrogen and oxygen atoms in total. The van der Waals surface area contributed by atoms with Crippen LogP contribution in [0.5, 0.6) is 0 Å². The molecule has 2 saturated carbocycles. The van der Waals surface area contributed by atoms with Crippen molar-refractivity contribution in [3.05, 3.63) is 45.1 Å². The zero-order valence-electron chi connectivity index (χ0n) is 21.3. The highest BCUT2D eigenvalue weighted by Gasteiger charge is 2.41. The monoisotopic (exact) mass is 580 g/mol. The molecular formula is C27H31ClF2N4O4S. The summed E-state index contributed by atoms with van der Waals surface area (Å²) in [6.45, 7) is 0.356. The minimum atomic E-state index is -2.85. The molecule has 0 unspecified atom stereocenters. The van der Waals surface area contributed by atoms with E-state index in [4.69, 9.17) is 16.3 Å². The molecule has 210 valence electrons. The zero-order valence-corrected chi connectivity index (χ0v) is 22.9. The van der Waals surface area contributed by atoms with Gasteiger partial charge in [-0.3, -0.25) is 19.3 Å². The van der Waals surface area contributed by atoms with E-state index in [9.17, 15) is 23.2 Å². The first kappa shape index (κ1) is 27.9. The van der Waals surface area contributed by atoms with Crippen LogP contribution in [-0.4, -0.2) is 67.1 Å². The van der Waals surface area contributed by atoms with Gasteiger partial charge in [-0.1, -0.05) is 24.4 Å². The van der Waals surface area contributed by atoms with Crippen LogP contribution in [0.1, 0.15) is 60.2 Å². The summed E-state index contributed by atoms with van der Waals surface area (Å²) in [7, 11) is 0. The van der Waals surface area contributed by atoms with E-state index in [1.165, 1.54) is 23.1 Å². The predicted molar refractivity (Wildman–Crippen MR) is 146 cm³/mol. The van der Waals surface area contributed by atoms with E-state index < -0.39 is 12.5 Å². The molecule has 0 radical (unpaired) electrons. The maximum absolute atomic E-state index is 14.1. The molecule has 1 aliphatic heterocycles. The molecule has 0 spiro atoms. The van der Waals surface area contributed by atoms with Crippen molar-refractivity contribution in [1.29, 1.82) is 0 Å². The fourth-order valence-electron chi connectivity index (χ4n) is 5.27. The Hall–Kier alpha value is -2.60. The molecule has 3 fully saturated rings. The first-order valence-electron chi connectivity index (χ1n) is 13.2. The molecule has 3 aliphatic rings. The Balaban J connectivity index is 1.37. The average molecular weight is 581 g/mol. The highest BCUT2D eigenvalue weighted by atomic mass is 35.5. The smallest absolute Gasteiger partial charge is 0.265 e. The van der Waals surface area contributed by atoms with Gasteiger partial charge in [-0.2, -0.15) is 0 Å². The molecule has 1 atom stereocenters. The second-order valence-corrected chi connectivity index (χ2v) is 11.8. The zero-order chi connectivity index (χ0) is 27.5. The van der Waals surface area contributed by atoms with Gasteiger partial charge in [0.2, 0.25) is 5.91 Å². The number of halogens is 3. The lowest BCUT2D eigenvalue weighted by molar-refractivity contribution is -0.126. The Morgan fingerprint density at radius 3 is 2.41 bits per heavy atom. The summed E-state index contributed by atoms with van der Waals surface area (Å²) in [4.78, 5) is 42.7. The highest BCUT2D eigenvalue weighted by Crippen LogP contribution is 2.37. The van der Waals surface area contributed by atoms with Crippen LogP contribution >= 0.6 is 22.9 Å². The van der Waals surface area contributed by atoms with Crippen LogP contribution in [0.4, 0.5) is 20.2 Å². The average Bonchev–Trinajstić information content (AvgIpc) is 3.28. The number of rotatable bonds is 10. The summed E-state index contributed by atoms with van der Waals surface area (Å²) < 4.78 is 33.7. The molecule has 1 saturated heterocycles. The first-order valence-corrected chi connectivity index (χ1v) is 14.4. The first-order chi connectivity index (χ1) is 18.8. The Labute approximate surface area is 234 Å². The van der Waals surface area contributed by atoms with Crippen LogP contribution in [0.25, 0.3) is 0 Å². The molecule has 2 N–H and O–H groups in total. The number of amides is 3. The van der Waals surface area contributed by atoms with Crippen LogP contribution < -0.4 is 15.5 Å². The minimum absolute atomic E-state index is 0.0786. The normalized spacial score (nSPS) is 19.1. The Bertz CT molecular complexity index is 1210. The predicted octanol–water partition coefficient (Wildman–Crippen LogP) is 4.85. The maximum atomic E-state index is 14.1. The van der Waals surface area contributed by atoms with Crippen molar-refractivity contribution in [2.45, 2.75) is 63.1 Å². The van der Waals surface area contributed by atoms with E-state index in [0.29, 0.717) is 9.21 Å². The van der Waals surface area contributed by atoms with Gasteiger partial charge in [0.15, 0.2) is 0 Å². The molecular weight excluding hydrogens is 550 g/mol. The van der Waals surface area contributed by atoms with Crippen molar-refractivity contribution >= 4 is 52.0 Å². The molecule has 5 rings (SSSR count). The van der Waals surface area contributed by atoms with Gasteiger partial charge in [-0.05, 0) is 56.0 Å². The number of thiophene rings is 1. The summed E-state index contributed by atoms with van der Waals surface area (Å²) in [6.07, 6.45) is 3.24.